The van der Waals surface area contributed by atoms with E-state index >= 15 is 0 Å². The lowest BCUT2D eigenvalue weighted by atomic mass is 10.0. The minimum absolute atomic E-state index is 0.573. The summed E-state index contributed by atoms with van der Waals surface area (Å²) in [6.45, 7) is 4.81. The van der Waals surface area contributed by atoms with Crippen LogP contribution in [0.4, 0.5) is 0 Å². The minimum Gasteiger partial charge on any atom is -0.489 e. The van der Waals surface area contributed by atoms with Gasteiger partial charge in [0.2, 0.25) is 0 Å². The van der Waals surface area contributed by atoms with Crippen molar-refractivity contribution in [2.45, 2.75) is 45.8 Å². The summed E-state index contributed by atoms with van der Waals surface area (Å²) in [5.41, 5.74) is 7.34. The van der Waals surface area contributed by atoms with E-state index in [2.05, 4.69) is 65.5 Å². The van der Waals surface area contributed by atoms with Crippen LogP contribution in [0.15, 0.2) is 79.0 Å². The zero-order valence-corrected chi connectivity index (χ0v) is 19.3. The number of aryl methyl sites for hydroxylation is 1. The van der Waals surface area contributed by atoms with E-state index in [1.807, 2.05) is 30.3 Å². The Bertz CT molecular complexity index is 1200. The first kappa shape index (κ1) is 21.5. The highest BCUT2D eigenvalue weighted by molar-refractivity contribution is 5.61. The van der Waals surface area contributed by atoms with Crippen molar-refractivity contribution < 1.29 is 4.74 Å². The van der Waals surface area contributed by atoms with Gasteiger partial charge < -0.3 is 14.6 Å². The van der Waals surface area contributed by atoms with E-state index < -0.39 is 0 Å². The first-order valence-corrected chi connectivity index (χ1v) is 12.0. The number of ether oxygens (including phenoxy) is 1. The average Bonchev–Trinajstić information content (AvgIpc) is 3.31. The Hall–Kier alpha value is -3.37. The second kappa shape index (κ2) is 10.1. The summed E-state index contributed by atoms with van der Waals surface area (Å²) in [5.74, 6) is 2.00. The summed E-state index contributed by atoms with van der Waals surface area (Å²) in [6.07, 6.45) is 6.55. The molecule has 1 N–H and O–H groups in total. The van der Waals surface area contributed by atoms with E-state index in [1.165, 1.54) is 22.4 Å². The fourth-order valence-corrected chi connectivity index (χ4v) is 4.37. The normalized spacial score (nSPS) is 13.0. The quantitative estimate of drug-likeness (QED) is 0.362. The number of unbranched alkanes of at least 4 members (excludes halogenated alkanes) is 1. The van der Waals surface area contributed by atoms with Gasteiger partial charge in [-0.1, -0.05) is 49.7 Å². The monoisotopic (exact) mass is 437 g/mol. The Morgan fingerprint density at radius 3 is 2.64 bits per heavy atom. The number of hydrogen-bond donors (Lipinski definition) is 1. The molecule has 0 unspecified atom stereocenters. The molecule has 1 aliphatic heterocycles. The zero-order chi connectivity index (χ0) is 22.5. The SMILES string of the molecule is CCCCc1nc(-c2ccc(OCc3ccccc3)cc2)cn1-c1ccc2c(c1)CNCC2. The van der Waals surface area contributed by atoms with Gasteiger partial charge in [0.05, 0.1) is 5.69 Å². The van der Waals surface area contributed by atoms with Gasteiger partial charge in [-0.25, -0.2) is 4.98 Å². The number of hydrogen-bond acceptors (Lipinski definition) is 3. The molecule has 0 aliphatic carbocycles. The van der Waals surface area contributed by atoms with Crippen LogP contribution in [-0.2, 0) is 26.0 Å². The molecule has 168 valence electrons. The van der Waals surface area contributed by atoms with Crippen molar-refractivity contribution in [1.29, 1.82) is 0 Å². The van der Waals surface area contributed by atoms with Crippen molar-refractivity contribution in [3.8, 4) is 22.7 Å². The molecular weight excluding hydrogens is 406 g/mol. The van der Waals surface area contributed by atoms with Gasteiger partial charge >= 0.3 is 0 Å². The topological polar surface area (TPSA) is 39.1 Å². The summed E-state index contributed by atoms with van der Waals surface area (Å²) in [7, 11) is 0. The highest BCUT2D eigenvalue weighted by atomic mass is 16.5. The van der Waals surface area contributed by atoms with Gasteiger partial charge in [-0.2, -0.15) is 0 Å². The fraction of sp³-hybridized carbons (Fsp3) is 0.276. The van der Waals surface area contributed by atoms with Crippen LogP contribution in [0.1, 0.15) is 42.3 Å². The molecule has 1 aliphatic rings. The number of imidazole rings is 1. The molecular formula is C29H31N3O. The molecule has 1 aromatic heterocycles. The van der Waals surface area contributed by atoms with Crippen molar-refractivity contribution in [1.82, 2.24) is 14.9 Å². The third kappa shape index (κ3) is 5.01. The summed E-state index contributed by atoms with van der Waals surface area (Å²) < 4.78 is 8.23. The lowest BCUT2D eigenvalue weighted by Crippen LogP contribution is -2.23. The molecule has 2 heterocycles. The molecule has 0 saturated carbocycles. The lowest BCUT2D eigenvalue weighted by Gasteiger charge is -2.18. The standard InChI is InChI=1S/C29H31N3O/c1-2-3-9-29-31-28(20-32(29)26-13-10-23-16-17-30-19-25(23)18-26)24-11-14-27(15-12-24)33-21-22-7-5-4-6-8-22/h4-8,10-15,18,20,30H,2-3,9,16-17,19,21H2,1H3. The number of nitrogens with one attached hydrogen (secondary N) is 1. The van der Waals surface area contributed by atoms with Crippen LogP contribution in [0.2, 0.25) is 0 Å². The molecule has 0 amide bonds. The number of fused-ring (bicyclic) bond motifs is 1. The number of nitrogens with zero attached hydrogens (tertiary/aromatic N) is 2. The molecule has 4 aromatic rings. The molecule has 0 atom stereocenters. The highest BCUT2D eigenvalue weighted by Crippen LogP contribution is 2.26. The van der Waals surface area contributed by atoms with Gasteiger partial charge in [-0.3, -0.25) is 0 Å². The van der Waals surface area contributed by atoms with Crippen molar-refractivity contribution >= 4 is 0 Å². The van der Waals surface area contributed by atoms with Crippen LogP contribution in [0.25, 0.3) is 16.9 Å². The van der Waals surface area contributed by atoms with Crippen LogP contribution in [0, 0.1) is 0 Å². The third-order valence-corrected chi connectivity index (χ3v) is 6.29. The van der Waals surface area contributed by atoms with E-state index in [9.17, 15) is 0 Å². The first-order valence-electron chi connectivity index (χ1n) is 12.0. The van der Waals surface area contributed by atoms with Gasteiger partial charge in [0, 0.05) is 30.4 Å². The van der Waals surface area contributed by atoms with Crippen LogP contribution in [0.3, 0.4) is 0 Å². The second-order valence-electron chi connectivity index (χ2n) is 8.69. The van der Waals surface area contributed by atoms with Crippen molar-refractivity contribution in [3.05, 3.63) is 102 Å². The van der Waals surface area contributed by atoms with E-state index in [0.29, 0.717) is 6.61 Å². The smallest absolute Gasteiger partial charge is 0.119 e. The molecule has 4 heteroatoms. The molecule has 0 fully saturated rings. The molecule has 0 saturated heterocycles. The van der Waals surface area contributed by atoms with E-state index in [4.69, 9.17) is 9.72 Å². The molecule has 0 radical (unpaired) electrons. The number of aromatic nitrogens is 2. The maximum atomic E-state index is 5.96. The van der Waals surface area contributed by atoms with Gasteiger partial charge in [-0.15, -0.1) is 0 Å². The Morgan fingerprint density at radius 1 is 0.970 bits per heavy atom. The van der Waals surface area contributed by atoms with Gasteiger partial charge in [0.25, 0.3) is 0 Å². The maximum absolute atomic E-state index is 5.96. The summed E-state index contributed by atoms with van der Waals surface area (Å²) in [5, 5.41) is 3.49. The van der Waals surface area contributed by atoms with E-state index in [1.54, 1.807) is 0 Å². The Kier molecular flexibility index (Phi) is 6.54. The predicted octanol–water partition coefficient (Wildman–Crippen LogP) is 6.11. The minimum atomic E-state index is 0.573. The fourth-order valence-electron chi connectivity index (χ4n) is 4.37. The Labute approximate surface area is 196 Å². The third-order valence-electron chi connectivity index (χ3n) is 6.29. The van der Waals surface area contributed by atoms with Crippen molar-refractivity contribution in [3.63, 3.8) is 0 Å². The first-order chi connectivity index (χ1) is 16.3. The Morgan fingerprint density at radius 2 is 1.82 bits per heavy atom. The van der Waals surface area contributed by atoms with E-state index in [0.717, 1.165) is 61.6 Å². The highest BCUT2D eigenvalue weighted by Gasteiger charge is 2.14. The van der Waals surface area contributed by atoms with Gasteiger partial charge in [0.1, 0.15) is 18.2 Å². The lowest BCUT2D eigenvalue weighted by molar-refractivity contribution is 0.306. The number of benzene rings is 3. The van der Waals surface area contributed by atoms with Crippen LogP contribution >= 0.6 is 0 Å². The second-order valence-corrected chi connectivity index (χ2v) is 8.69. The summed E-state index contributed by atoms with van der Waals surface area (Å²) in [4.78, 5) is 5.04. The average molecular weight is 438 g/mol. The number of rotatable bonds is 8. The van der Waals surface area contributed by atoms with Crippen LogP contribution in [0.5, 0.6) is 5.75 Å². The molecule has 0 bridgehead atoms. The van der Waals surface area contributed by atoms with Crippen molar-refractivity contribution in [2.75, 3.05) is 6.54 Å². The van der Waals surface area contributed by atoms with Crippen molar-refractivity contribution in [2.24, 2.45) is 0 Å². The van der Waals surface area contributed by atoms with Crippen LogP contribution < -0.4 is 10.1 Å². The van der Waals surface area contributed by atoms with E-state index in [-0.39, 0.29) is 0 Å². The van der Waals surface area contributed by atoms with Crippen LogP contribution in [-0.4, -0.2) is 16.1 Å². The largest absolute Gasteiger partial charge is 0.489 e. The summed E-state index contributed by atoms with van der Waals surface area (Å²) in [6, 6.07) is 25.4. The molecule has 33 heavy (non-hydrogen) atoms. The molecule has 4 nitrogen and oxygen atoms in total. The summed E-state index contributed by atoms with van der Waals surface area (Å²) >= 11 is 0. The zero-order valence-electron chi connectivity index (χ0n) is 19.3. The molecule has 5 rings (SSSR count). The predicted molar refractivity (Wildman–Crippen MR) is 134 cm³/mol. The Balaban J connectivity index is 1.38. The van der Waals surface area contributed by atoms with Gasteiger partial charge in [-0.05, 0) is 72.5 Å². The molecule has 0 spiro atoms. The van der Waals surface area contributed by atoms with Gasteiger partial charge in [0.15, 0.2) is 0 Å². The molecule has 3 aromatic carbocycles. The maximum Gasteiger partial charge on any atom is 0.119 e.